The number of hydrogen-bond acceptors (Lipinski definition) is 8. The number of rotatable bonds is 6. The average molecular weight is 583 g/mol. The molecule has 0 amide bonds. The molecule has 1 atom stereocenters. The van der Waals surface area contributed by atoms with Crippen LogP contribution in [0.4, 0.5) is 24.8 Å². The van der Waals surface area contributed by atoms with Crippen molar-refractivity contribution >= 4 is 34.3 Å². The van der Waals surface area contributed by atoms with Crippen LogP contribution in [0.2, 0.25) is 5.02 Å². The van der Waals surface area contributed by atoms with E-state index < -0.39 is 18.3 Å². The zero-order chi connectivity index (χ0) is 28.6. The van der Waals surface area contributed by atoms with Crippen molar-refractivity contribution in [3.05, 3.63) is 88.3 Å². The second-order valence-corrected chi connectivity index (χ2v) is 9.82. The number of halogens is 4. The van der Waals surface area contributed by atoms with Gasteiger partial charge in [0.05, 0.1) is 41.5 Å². The van der Waals surface area contributed by atoms with Crippen molar-refractivity contribution in [1.29, 1.82) is 0 Å². The topological polar surface area (TPSA) is 107 Å². The molecule has 1 aliphatic heterocycles. The summed E-state index contributed by atoms with van der Waals surface area (Å²) in [6, 6.07) is 12.1. The molecule has 5 aromatic rings. The average Bonchev–Trinajstić information content (AvgIpc) is 3.50. The third kappa shape index (κ3) is 5.80. The first kappa shape index (κ1) is 26.9. The smallest absolute Gasteiger partial charge is 0.406 e. The van der Waals surface area contributed by atoms with E-state index in [0.717, 1.165) is 12.1 Å². The molecule has 41 heavy (non-hydrogen) atoms. The number of hydrogen-bond donors (Lipinski definition) is 2. The predicted molar refractivity (Wildman–Crippen MR) is 147 cm³/mol. The van der Waals surface area contributed by atoms with E-state index in [4.69, 9.17) is 20.8 Å². The summed E-state index contributed by atoms with van der Waals surface area (Å²) in [4.78, 5) is 26.3. The van der Waals surface area contributed by atoms with Crippen molar-refractivity contribution in [3.8, 4) is 22.4 Å². The van der Waals surface area contributed by atoms with Crippen molar-refractivity contribution < 1.29 is 22.3 Å². The number of ether oxygens (including phenoxy) is 1. The van der Waals surface area contributed by atoms with E-state index in [1.807, 2.05) is 12.1 Å². The molecule has 2 N–H and O–H groups in total. The number of pyridine rings is 2. The molecule has 1 saturated heterocycles. The lowest BCUT2D eigenvalue weighted by Crippen LogP contribution is -2.33. The van der Waals surface area contributed by atoms with E-state index in [1.54, 1.807) is 24.3 Å². The second-order valence-electron chi connectivity index (χ2n) is 9.41. The van der Waals surface area contributed by atoms with E-state index in [9.17, 15) is 18.0 Å². The van der Waals surface area contributed by atoms with Crippen LogP contribution in [0.15, 0.2) is 76.6 Å². The number of alkyl halides is 3. The number of furan rings is 1. The number of aromatic nitrogens is 4. The molecule has 0 spiro atoms. The molecule has 210 valence electrons. The Labute approximate surface area is 236 Å². The summed E-state index contributed by atoms with van der Waals surface area (Å²) in [6.07, 6.45) is 1.05. The minimum absolute atomic E-state index is 0.0320. The predicted octanol–water partition coefficient (Wildman–Crippen LogP) is 5.73. The van der Waals surface area contributed by atoms with E-state index in [-0.39, 0.29) is 39.4 Å². The monoisotopic (exact) mass is 582 g/mol. The quantitative estimate of drug-likeness (QED) is 0.261. The van der Waals surface area contributed by atoms with Crippen LogP contribution < -0.4 is 16.2 Å². The molecule has 6 rings (SSSR count). The van der Waals surface area contributed by atoms with Crippen LogP contribution in [0.5, 0.6) is 0 Å². The summed E-state index contributed by atoms with van der Waals surface area (Å²) < 4.78 is 52.3. The van der Waals surface area contributed by atoms with Crippen molar-refractivity contribution in [3.63, 3.8) is 0 Å². The van der Waals surface area contributed by atoms with Crippen molar-refractivity contribution in [2.45, 2.75) is 18.8 Å². The summed E-state index contributed by atoms with van der Waals surface area (Å²) in [6.45, 7) is 0.574. The van der Waals surface area contributed by atoms with Crippen LogP contribution >= 0.6 is 11.6 Å². The normalized spacial score (nSPS) is 15.8. The van der Waals surface area contributed by atoms with Gasteiger partial charge in [-0.2, -0.15) is 18.2 Å². The zero-order valence-corrected chi connectivity index (χ0v) is 22.0. The van der Waals surface area contributed by atoms with Crippen LogP contribution in [-0.2, 0) is 11.3 Å². The van der Waals surface area contributed by atoms with Gasteiger partial charge in [-0.25, -0.2) is 4.98 Å². The maximum absolute atomic E-state index is 13.6. The van der Waals surface area contributed by atoms with Gasteiger partial charge in [0, 0.05) is 47.7 Å². The first-order valence-electron chi connectivity index (χ1n) is 12.6. The molecule has 0 saturated carbocycles. The minimum Gasteiger partial charge on any atom is -0.472 e. The summed E-state index contributed by atoms with van der Waals surface area (Å²) in [5, 5.41) is 6.57. The fraction of sp³-hybridized carbons (Fsp3) is 0.214. The molecule has 0 radical (unpaired) electrons. The van der Waals surface area contributed by atoms with E-state index in [1.165, 1.54) is 31.0 Å². The van der Waals surface area contributed by atoms with Gasteiger partial charge in [-0.3, -0.25) is 14.3 Å². The molecule has 1 fully saturated rings. The standard InChI is InChI=1S/C28H22ClF3N6O3/c29-22-10-18(17-5-7-40-14-17)11-34-24(22)21-9-19-12-35-27(37-25(19)38(26(21)39)15-28(30,31)32)36-20-3-1-16(2-4-20)23-13-33-6-8-41-23/h1-5,7,9-12,14,23,33H,6,8,13,15H2,(H,35,36,37). The molecule has 4 aromatic heterocycles. The highest BCUT2D eigenvalue weighted by Gasteiger charge is 2.31. The minimum atomic E-state index is -4.69. The van der Waals surface area contributed by atoms with Gasteiger partial charge < -0.3 is 19.8 Å². The third-order valence-corrected chi connectivity index (χ3v) is 6.87. The van der Waals surface area contributed by atoms with Gasteiger partial charge in [0.25, 0.3) is 5.56 Å². The molecule has 1 aliphatic rings. The van der Waals surface area contributed by atoms with Crippen LogP contribution in [-0.4, -0.2) is 45.4 Å². The molecule has 13 heteroatoms. The maximum atomic E-state index is 13.6. The zero-order valence-electron chi connectivity index (χ0n) is 21.3. The lowest BCUT2D eigenvalue weighted by Gasteiger charge is -2.24. The Bertz CT molecular complexity index is 1750. The fourth-order valence-corrected chi connectivity index (χ4v) is 4.90. The highest BCUT2D eigenvalue weighted by Crippen LogP contribution is 2.31. The summed E-state index contributed by atoms with van der Waals surface area (Å²) in [7, 11) is 0. The number of fused-ring (bicyclic) bond motifs is 1. The van der Waals surface area contributed by atoms with Gasteiger partial charge in [0.2, 0.25) is 5.95 Å². The molecule has 9 nitrogen and oxygen atoms in total. The van der Waals surface area contributed by atoms with Gasteiger partial charge in [-0.1, -0.05) is 23.7 Å². The van der Waals surface area contributed by atoms with Crippen LogP contribution in [0.25, 0.3) is 33.4 Å². The second kappa shape index (κ2) is 11.0. The Balaban J connectivity index is 1.36. The Kier molecular flexibility index (Phi) is 7.20. The molecule has 5 heterocycles. The summed E-state index contributed by atoms with van der Waals surface area (Å²) in [5.41, 5.74) is 1.75. The first-order chi connectivity index (χ1) is 19.7. The molecule has 1 aromatic carbocycles. The van der Waals surface area contributed by atoms with Gasteiger partial charge in [0.15, 0.2) is 0 Å². The fourth-order valence-electron chi connectivity index (χ4n) is 4.63. The van der Waals surface area contributed by atoms with E-state index in [0.29, 0.717) is 34.5 Å². The highest BCUT2D eigenvalue weighted by molar-refractivity contribution is 6.33. The SMILES string of the molecule is O=c1c(-c2ncc(-c3ccoc3)cc2Cl)cc2cnc(Nc3ccc(C4CNCCO4)cc3)nc2n1CC(F)(F)F. The lowest BCUT2D eigenvalue weighted by atomic mass is 10.1. The van der Waals surface area contributed by atoms with Crippen LogP contribution in [0.1, 0.15) is 11.7 Å². The molecule has 0 bridgehead atoms. The Hall–Kier alpha value is -4.26. The molecule has 1 unspecified atom stereocenters. The highest BCUT2D eigenvalue weighted by atomic mass is 35.5. The van der Waals surface area contributed by atoms with E-state index >= 15 is 0 Å². The van der Waals surface area contributed by atoms with Crippen molar-refractivity contribution in [2.75, 3.05) is 25.0 Å². The largest absolute Gasteiger partial charge is 0.472 e. The summed E-state index contributed by atoms with van der Waals surface area (Å²) >= 11 is 6.45. The lowest BCUT2D eigenvalue weighted by molar-refractivity contribution is -0.140. The van der Waals surface area contributed by atoms with Crippen LogP contribution in [0.3, 0.4) is 0 Å². The Morgan fingerprint density at radius 2 is 1.93 bits per heavy atom. The number of benzene rings is 1. The van der Waals surface area contributed by atoms with Crippen molar-refractivity contribution in [2.24, 2.45) is 0 Å². The number of nitrogens with one attached hydrogen (secondary N) is 2. The summed E-state index contributed by atoms with van der Waals surface area (Å²) in [5.74, 6) is 0.0320. The van der Waals surface area contributed by atoms with Gasteiger partial charge in [0.1, 0.15) is 12.2 Å². The van der Waals surface area contributed by atoms with Gasteiger partial charge in [-0.15, -0.1) is 0 Å². The Morgan fingerprint density at radius 3 is 2.61 bits per heavy atom. The Morgan fingerprint density at radius 1 is 1.10 bits per heavy atom. The van der Waals surface area contributed by atoms with Gasteiger partial charge in [-0.05, 0) is 35.9 Å². The maximum Gasteiger partial charge on any atom is 0.406 e. The van der Waals surface area contributed by atoms with Crippen molar-refractivity contribution in [1.82, 2.24) is 24.8 Å². The van der Waals surface area contributed by atoms with Crippen LogP contribution in [0, 0.1) is 0 Å². The van der Waals surface area contributed by atoms with E-state index in [2.05, 4.69) is 25.6 Å². The molecular formula is C28H22ClF3N6O3. The number of nitrogens with zero attached hydrogens (tertiary/aromatic N) is 4. The number of morpholine rings is 1. The first-order valence-corrected chi connectivity index (χ1v) is 13.0. The van der Waals surface area contributed by atoms with Gasteiger partial charge >= 0.3 is 6.18 Å². The third-order valence-electron chi connectivity index (χ3n) is 6.58. The molecular weight excluding hydrogens is 561 g/mol. The number of anilines is 2. The molecule has 0 aliphatic carbocycles.